The summed E-state index contributed by atoms with van der Waals surface area (Å²) in [5.41, 5.74) is 5.30. The zero-order valence-electron chi connectivity index (χ0n) is 7.05. The van der Waals surface area contributed by atoms with Crippen LogP contribution in [0.5, 0.6) is 0 Å². The molecular formula is C8H17NOS. The van der Waals surface area contributed by atoms with E-state index in [2.05, 4.69) is 18.0 Å². The van der Waals surface area contributed by atoms with Crippen molar-refractivity contribution in [3.63, 3.8) is 0 Å². The van der Waals surface area contributed by atoms with E-state index in [1.807, 2.05) is 6.92 Å². The molecule has 1 rings (SSSR count). The van der Waals surface area contributed by atoms with Gasteiger partial charge in [0.1, 0.15) is 0 Å². The Morgan fingerprint density at radius 1 is 1.36 bits per heavy atom. The molecule has 0 unspecified atom stereocenters. The van der Waals surface area contributed by atoms with Crippen LogP contribution in [0.15, 0.2) is 0 Å². The second kappa shape index (κ2) is 5.49. The number of hydrogen-bond acceptors (Lipinski definition) is 2. The highest BCUT2D eigenvalue weighted by molar-refractivity contribution is 7.78. The van der Waals surface area contributed by atoms with Crippen LogP contribution in [-0.4, -0.2) is 16.2 Å². The van der Waals surface area contributed by atoms with E-state index in [0.29, 0.717) is 0 Å². The van der Waals surface area contributed by atoms with Crippen LogP contribution in [0.3, 0.4) is 0 Å². The first-order valence-corrected chi connectivity index (χ1v) is 4.47. The summed E-state index contributed by atoms with van der Waals surface area (Å²) < 4.78 is 0. The summed E-state index contributed by atoms with van der Waals surface area (Å²) in [4.78, 5) is 0. The minimum Gasteiger partial charge on any atom is -0.396 e. The first kappa shape index (κ1) is 10.8. The lowest BCUT2D eigenvalue weighted by Gasteiger charge is -2.27. The van der Waals surface area contributed by atoms with Crippen molar-refractivity contribution in [2.75, 3.05) is 0 Å². The molecule has 0 spiro atoms. The zero-order valence-corrected chi connectivity index (χ0v) is 7.86. The third kappa shape index (κ3) is 6.26. The standard InChI is InChI=1S/C7H14O.CH3NS/c1-7(8)5-3-2-4-6-7;2-1-3/h8H,2-6H2,1H3;1H,(H2,2,3). The van der Waals surface area contributed by atoms with Crippen molar-refractivity contribution in [3.05, 3.63) is 0 Å². The van der Waals surface area contributed by atoms with Crippen molar-refractivity contribution >= 4 is 17.7 Å². The minimum absolute atomic E-state index is 0.321. The van der Waals surface area contributed by atoms with E-state index in [4.69, 9.17) is 0 Å². The molecule has 1 aliphatic rings. The summed E-state index contributed by atoms with van der Waals surface area (Å²) in [5, 5.41) is 9.37. The summed E-state index contributed by atoms with van der Waals surface area (Å²) in [6.07, 6.45) is 5.76. The van der Waals surface area contributed by atoms with Gasteiger partial charge >= 0.3 is 0 Å². The van der Waals surface area contributed by atoms with Crippen LogP contribution in [0.25, 0.3) is 0 Å². The fourth-order valence-electron chi connectivity index (χ4n) is 1.31. The molecule has 3 heteroatoms. The van der Waals surface area contributed by atoms with Gasteiger partial charge in [0.15, 0.2) is 0 Å². The normalized spacial score (nSPS) is 21.3. The van der Waals surface area contributed by atoms with E-state index in [-0.39, 0.29) is 5.60 Å². The van der Waals surface area contributed by atoms with Crippen LogP contribution in [0, 0.1) is 0 Å². The molecule has 0 radical (unpaired) electrons. The maximum absolute atomic E-state index is 9.37. The highest BCUT2D eigenvalue weighted by Gasteiger charge is 2.22. The van der Waals surface area contributed by atoms with Gasteiger partial charge in [-0.25, -0.2) is 0 Å². The average Bonchev–Trinajstić information content (AvgIpc) is 1.88. The van der Waals surface area contributed by atoms with Crippen molar-refractivity contribution in [2.45, 2.75) is 44.6 Å². The molecule has 0 aromatic rings. The molecule has 0 heterocycles. The lowest BCUT2D eigenvalue weighted by molar-refractivity contribution is 0.0225. The van der Waals surface area contributed by atoms with E-state index in [0.717, 1.165) is 18.3 Å². The van der Waals surface area contributed by atoms with Gasteiger partial charge in [-0.3, -0.25) is 0 Å². The van der Waals surface area contributed by atoms with Crippen LogP contribution in [-0.2, 0) is 0 Å². The molecule has 0 atom stereocenters. The van der Waals surface area contributed by atoms with Gasteiger partial charge in [-0.2, -0.15) is 0 Å². The second-order valence-corrected chi connectivity index (χ2v) is 3.47. The monoisotopic (exact) mass is 175 g/mol. The van der Waals surface area contributed by atoms with Gasteiger partial charge in [0.2, 0.25) is 0 Å². The van der Waals surface area contributed by atoms with Gasteiger partial charge in [-0.05, 0) is 19.8 Å². The van der Waals surface area contributed by atoms with E-state index in [1.165, 1.54) is 19.3 Å². The molecule has 3 N–H and O–H groups in total. The Morgan fingerprint density at radius 3 is 1.91 bits per heavy atom. The third-order valence-corrected chi connectivity index (χ3v) is 1.93. The molecule has 0 amide bonds. The maximum atomic E-state index is 9.37. The molecule has 0 aliphatic heterocycles. The lowest BCUT2D eigenvalue weighted by atomic mass is 9.87. The molecule has 1 saturated carbocycles. The summed E-state index contributed by atoms with van der Waals surface area (Å²) in [7, 11) is 0. The predicted molar refractivity (Wildman–Crippen MR) is 51.6 cm³/mol. The smallest absolute Gasteiger partial charge is 0.0619 e. The minimum atomic E-state index is -0.321. The number of aliphatic hydroxyl groups is 1. The molecule has 1 aliphatic carbocycles. The summed E-state index contributed by atoms with van der Waals surface area (Å²) in [6.45, 7) is 1.94. The third-order valence-electron chi connectivity index (χ3n) is 1.93. The Morgan fingerprint density at radius 2 is 1.73 bits per heavy atom. The van der Waals surface area contributed by atoms with Gasteiger partial charge in [0.25, 0.3) is 0 Å². The van der Waals surface area contributed by atoms with Crippen LogP contribution in [0.4, 0.5) is 0 Å². The predicted octanol–water partition coefficient (Wildman–Crippen LogP) is 1.60. The van der Waals surface area contributed by atoms with Crippen molar-refractivity contribution in [1.29, 1.82) is 0 Å². The first-order chi connectivity index (χ1) is 5.12. The molecule has 0 saturated heterocycles. The fourth-order valence-corrected chi connectivity index (χ4v) is 1.31. The largest absolute Gasteiger partial charge is 0.396 e. The Bertz CT molecular complexity index is 107. The molecule has 11 heavy (non-hydrogen) atoms. The average molecular weight is 175 g/mol. The molecule has 0 aromatic carbocycles. The number of hydrogen-bond donors (Lipinski definition) is 2. The Balaban J connectivity index is 0.000000292. The van der Waals surface area contributed by atoms with Gasteiger partial charge in [0.05, 0.1) is 11.1 Å². The molecule has 1 fully saturated rings. The number of rotatable bonds is 0. The molecule has 0 aromatic heterocycles. The number of nitrogens with two attached hydrogens (primary N) is 1. The van der Waals surface area contributed by atoms with Crippen molar-refractivity contribution in [2.24, 2.45) is 5.73 Å². The highest BCUT2D eigenvalue weighted by atomic mass is 32.1. The SMILES string of the molecule is CC1(O)CCCCC1.NC=S. The molecule has 2 nitrogen and oxygen atoms in total. The quantitative estimate of drug-likeness (QED) is 0.550. The van der Waals surface area contributed by atoms with Crippen molar-refractivity contribution in [3.8, 4) is 0 Å². The Kier molecular flexibility index (Phi) is 5.42. The van der Waals surface area contributed by atoms with Crippen LogP contribution >= 0.6 is 12.2 Å². The van der Waals surface area contributed by atoms with Crippen molar-refractivity contribution < 1.29 is 5.11 Å². The Hall–Kier alpha value is -0.150. The van der Waals surface area contributed by atoms with Gasteiger partial charge < -0.3 is 10.8 Å². The van der Waals surface area contributed by atoms with Gasteiger partial charge in [-0.15, -0.1) is 0 Å². The summed E-state index contributed by atoms with van der Waals surface area (Å²) in [5.74, 6) is 0. The van der Waals surface area contributed by atoms with Crippen LogP contribution in [0.2, 0.25) is 0 Å². The van der Waals surface area contributed by atoms with Crippen molar-refractivity contribution in [1.82, 2.24) is 0 Å². The molecule has 0 bridgehead atoms. The van der Waals surface area contributed by atoms with Crippen LogP contribution < -0.4 is 5.73 Å². The van der Waals surface area contributed by atoms with E-state index in [9.17, 15) is 5.11 Å². The topological polar surface area (TPSA) is 46.2 Å². The van der Waals surface area contributed by atoms with E-state index in [1.54, 1.807) is 0 Å². The fraction of sp³-hybridized carbons (Fsp3) is 0.875. The second-order valence-electron chi connectivity index (χ2n) is 3.19. The first-order valence-electron chi connectivity index (χ1n) is 4.00. The molecule has 66 valence electrons. The zero-order chi connectivity index (χ0) is 8.74. The maximum Gasteiger partial charge on any atom is 0.0619 e. The molecular weight excluding hydrogens is 158 g/mol. The summed E-state index contributed by atoms with van der Waals surface area (Å²) in [6, 6.07) is 0. The van der Waals surface area contributed by atoms with E-state index < -0.39 is 0 Å². The Labute approximate surface area is 73.8 Å². The van der Waals surface area contributed by atoms with E-state index >= 15 is 0 Å². The summed E-state index contributed by atoms with van der Waals surface area (Å²) >= 11 is 4.05. The van der Waals surface area contributed by atoms with Gasteiger partial charge in [-0.1, -0.05) is 31.5 Å². The van der Waals surface area contributed by atoms with Gasteiger partial charge in [0, 0.05) is 0 Å². The highest BCUT2D eigenvalue weighted by Crippen LogP contribution is 2.26. The number of thiocarbonyl (C=S) groups is 1. The lowest BCUT2D eigenvalue weighted by Crippen LogP contribution is -2.26. The van der Waals surface area contributed by atoms with Crippen LogP contribution in [0.1, 0.15) is 39.0 Å².